The van der Waals surface area contributed by atoms with E-state index in [9.17, 15) is 4.79 Å². The van der Waals surface area contributed by atoms with Crippen LogP contribution in [0.5, 0.6) is 0 Å². The molecule has 1 fully saturated rings. The number of rotatable bonds is 4. The van der Waals surface area contributed by atoms with Crippen molar-refractivity contribution in [3.63, 3.8) is 0 Å². The van der Waals surface area contributed by atoms with Gasteiger partial charge in [-0.1, -0.05) is 27.2 Å². The Hall–Kier alpha value is -0.330. The fourth-order valence-electron chi connectivity index (χ4n) is 2.40. The van der Waals surface area contributed by atoms with Gasteiger partial charge in [0.2, 0.25) is 0 Å². The zero-order valence-electron chi connectivity index (χ0n) is 9.88. The molecule has 0 N–H and O–H groups in total. The Labute approximate surface area is 88.3 Å². The van der Waals surface area contributed by atoms with Gasteiger partial charge in [0.25, 0.3) is 0 Å². The van der Waals surface area contributed by atoms with Crippen molar-refractivity contribution in [2.24, 2.45) is 17.8 Å². The van der Waals surface area contributed by atoms with E-state index in [1.54, 1.807) is 0 Å². The van der Waals surface area contributed by atoms with E-state index in [0.29, 0.717) is 11.7 Å². The standard InChI is InChI=1S/C13H24O/c1-4-5-6-13(14)12-8-7-10(2)11(3)9-12/h10-12H,4-9H2,1-3H3. The molecule has 0 aromatic heterocycles. The minimum Gasteiger partial charge on any atom is -0.299 e. The maximum absolute atomic E-state index is 11.8. The molecule has 1 nitrogen and oxygen atoms in total. The van der Waals surface area contributed by atoms with Crippen molar-refractivity contribution >= 4 is 5.78 Å². The molecule has 0 radical (unpaired) electrons. The molecule has 0 heterocycles. The fourth-order valence-corrected chi connectivity index (χ4v) is 2.40. The number of Topliss-reactive ketones (excluding diaryl/α,β-unsaturated/α-hetero) is 1. The molecule has 0 bridgehead atoms. The Kier molecular flexibility index (Phi) is 4.64. The average molecular weight is 196 g/mol. The minimum absolute atomic E-state index is 0.396. The lowest BCUT2D eigenvalue weighted by molar-refractivity contribution is -0.124. The molecule has 1 aliphatic carbocycles. The van der Waals surface area contributed by atoms with Gasteiger partial charge in [-0.15, -0.1) is 0 Å². The summed E-state index contributed by atoms with van der Waals surface area (Å²) in [5.74, 6) is 2.50. The van der Waals surface area contributed by atoms with E-state index in [4.69, 9.17) is 0 Å². The number of ketones is 1. The summed E-state index contributed by atoms with van der Waals surface area (Å²) in [5, 5.41) is 0. The zero-order chi connectivity index (χ0) is 10.6. The van der Waals surface area contributed by atoms with Crippen LogP contribution in [0.3, 0.4) is 0 Å². The second kappa shape index (κ2) is 5.53. The summed E-state index contributed by atoms with van der Waals surface area (Å²) in [6.45, 7) is 6.76. The van der Waals surface area contributed by atoms with Crippen molar-refractivity contribution in [1.29, 1.82) is 0 Å². The second-order valence-electron chi connectivity index (χ2n) is 5.03. The maximum atomic E-state index is 11.8. The van der Waals surface area contributed by atoms with Crippen LogP contribution in [0.2, 0.25) is 0 Å². The van der Waals surface area contributed by atoms with Gasteiger partial charge in [0.1, 0.15) is 5.78 Å². The lowest BCUT2D eigenvalue weighted by atomic mass is 9.74. The lowest BCUT2D eigenvalue weighted by Crippen LogP contribution is -2.26. The van der Waals surface area contributed by atoms with Crippen molar-refractivity contribution in [2.45, 2.75) is 59.3 Å². The zero-order valence-corrected chi connectivity index (χ0v) is 9.88. The van der Waals surface area contributed by atoms with Gasteiger partial charge in [0.05, 0.1) is 0 Å². The molecule has 1 rings (SSSR count). The molecule has 0 spiro atoms. The number of unbranched alkanes of at least 4 members (excludes halogenated alkanes) is 1. The number of hydrogen-bond donors (Lipinski definition) is 0. The number of hydrogen-bond acceptors (Lipinski definition) is 1. The van der Waals surface area contributed by atoms with Gasteiger partial charge in [-0.05, 0) is 37.5 Å². The van der Waals surface area contributed by atoms with Crippen molar-refractivity contribution in [1.82, 2.24) is 0 Å². The highest BCUT2D eigenvalue weighted by Crippen LogP contribution is 2.34. The van der Waals surface area contributed by atoms with E-state index in [1.807, 2.05) is 0 Å². The normalized spacial score (nSPS) is 32.9. The summed E-state index contributed by atoms with van der Waals surface area (Å²) < 4.78 is 0. The van der Waals surface area contributed by atoms with Crippen LogP contribution in [0.15, 0.2) is 0 Å². The Morgan fingerprint density at radius 1 is 1.21 bits per heavy atom. The molecule has 1 aliphatic rings. The minimum atomic E-state index is 0.396. The largest absolute Gasteiger partial charge is 0.299 e. The molecule has 3 unspecified atom stereocenters. The predicted octanol–water partition coefficient (Wildman–Crippen LogP) is 3.82. The molecule has 0 aromatic rings. The van der Waals surface area contributed by atoms with Crippen LogP contribution in [-0.2, 0) is 4.79 Å². The van der Waals surface area contributed by atoms with E-state index in [1.165, 1.54) is 6.42 Å². The number of carbonyl (C=O) groups is 1. The van der Waals surface area contributed by atoms with Gasteiger partial charge in [0.15, 0.2) is 0 Å². The Morgan fingerprint density at radius 3 is 2.50 bits per heavy atom. The SMILES string of the molecule is CCCCC(=O)C1CCC(C)C(C)C1. The Morgan fingerprint density at radius 2 is 1.93 bits per heavy atom. The van der Waals surface area contributed by atoms with Crippen LogP contribution in [0.25, 0.3) is 0 Å². The van der Waals surface area contributed by atoms with Gasteiger partial charge < -0.3 is 0 Å². The molecule has 0 aromatic carbocycles. The molecule has 0 aliphatic heterocycles. The van der Waals surface area contributed by atoms with Gasteiger partial charge in [-0.2, -0.15) is 0 Å². The van der Waals surface area contributed by atoms with Crippen LogP contribution in [-0.4, -0.2) is 5.78 Å². The summed E-state index contributed by atoms with van der Waals surface area (Å²) in [6.07, 6.45) is 6.59. The molecule has 1 heteroatoms. The van der Waals surface area contributed by atoms with Crippen LogP contribution in [0, 0.1) is 17.8 Å². The molecule has 0 amide bonds. The first kappa shape index (κ1) is 11.7. The van der Waals surface area contributed by atoms with Crippen LogP contribution >= 0.6 is 0 Å². The monoisotopic (exact) mass is 196 g/mol. The first-order valence-electron chi connectivity index (χ1n) is 6.17. The van der Waals surface area contributed by atoms with Gasteiger partial charge in [0, 0.05) is 12.3 Å². The highest BCUT2D eigenvalue weighted by molar-refractivity contribution is 5.81. The Bertz CT molecular complexity index is 186. The summed E-state index contributed by atoms with van der Waals surface area (Å²) in [5.41, 5.74) is 0. The smallest absolute Gasteiger partial charge is 0.135 e. The predicted molar refractivity (Wildman–Crippen MR) is 60.2 cm³/mol. The van der Waals surface area contributed by atoms with Crippen molar-refractivity contribution in [3.05, 3.63) is 0 Å². The third-order valence-electron chi connectivity index (χ3n) is 3.83. The van der Waals surface area contributed by atoms with Gasteiger partial charge in [-0.3, -0.25) is 4.79 Å². The molecule has 0 saturated heterocycles. The molecule has 82 valence electrons. The molecular weight excluding hydrogens is 172 g/mol. The van der Waals surface area contributed by atoms with Crippen LogP contribution in [0.4, 0.5) is 0 Å². The van der Waals surface area contributed by atoms with E-state index in [2.05, 4.69) is 20.8 Å². The van der Waals surface area contributed by atoms with Crippen molar-refractivity contribution in [2.75, 3.05) is 0 Å². The average Bonchev–Trinajstić information content (AvgIpc) is 2.18. The van der Waals surface area contributed by atoms with Crippen molar-refractivity contribution in [3.8, 4) is 0 Å². The van der Waals surface area contributed by atoms with Gasteiger partial charge in [-0.25, -0.2) is 0 Å². The highest BCUT2D eigenvalue weighted by Gasteiger charge is 2.28. The molecule has 1 saturated carbocycles. The van der Waals surface area contributed by atoms with E-state index < -0.39 is 0 Å². The summed E-state index contributed by atoms with van der Waals surface area (Å²) in [6, 6.07) is 0. The quantitative estimate of drug-likeness (QED) is 0.668. The first-order valence-corrected chi connectivity index (χ1v) is 6.17. The van der Waals surface area contributed by atoms with Crippen LogP contribution < -0.4 is 0 Å². The van der Waals surface area contributed by atoms with Gasteiger partial charge >= 0.3 is 0 Å². The maximum Gasteiger partial charge on any atom is 0.135 e. The third kappa shape index (κ3) is 3.11. The fraction of sp³-hybridized carbons (Fsp3) is 0.923. The summed E-state index contributed by atoms with van der Waals surface area (Å²) in [7, 11) is 0. The molecule has 3 atom stereocenters. The summed E-state index contributed by atoms with van der Waals surface area (Å²) in [4.78, 5) is 11.8. The first-order chi connectivity index (χ1) is 6.65. The van der Waals surface area contributed by atoms with E-state index in [-0.39, 0.29) is 0 Å². The molecular formula is C13H24O. The van der Waals surface area contributed by atoms with Crippen molar-refractivity contribution < 1.29 is 4.79 Å². The summed E-state index contributed by atoms with van der Waals surface area (Å²) >= 11 is 0. The van der Waals surface area contributed by atoms with E-state index >= 15 is 0 Å². The second-order valence-corrected chi connectivity index (χ2v) is 5.03. The third-order valence-corrected chi connectivity index (χ3v) is 3.83. The highest BCUT2D eigenvalue weighted by atomic mass is 16.1. The van der Waals surface area contributed by atoms with Crippen LogP contribution in [0.1, 0.15) is 59.3 Å². The van der Waals surface area contributed by atoms with E-state index in [0.717, 1.165) is 43.9 Å². The number of carbonyl (C=O) groups excluding carboxylic acids is 1. The Balaban J connectivity index is 2.34. The topological polar surface area (TPSA) is 17.1 Å². The lowest BCUT2D eigenvalue weighted by Gasteiger charge is -2.31. The molecule has 14 heavy (non-hydrogen) atoms.